The smallest absolute Gasteiger partial charge is 0.180 e. The summed E-state index contributed by atoms with van der Waals surface area (Å²) in [6.07, 6.45) is 0. The predicted molar refractivity (Wildman–Crippen MR) is 239 cm³/mol. The molecule has 1 aliphatic rings. The summed E-state index contributed by atoms with van der Waals surface area (Å²) in [6.45, 7) is 0. The number of nitrogens with zero attached hydrogens (tertiary/aromatic N) is 3. The van der Waals surface area contributed by atoms with Gasteiger partial charge < -0.3 is 9.32 Å². The number of fused-ring (bicyclic) bond motifs is 11. The first-order valence-corrected chi connectivity index (χ1v) is 20.1. The molecule has 0 saturated carbocycles. The maximum atomic E-state index is 6.58. The lowest BCUT2D eigenvalue weighted by Gasteiger charge is -2.35. The van der Waals surface area contributed by atoms with E-state index in [0.29, 0.717) is 11.4 Å². The molecule has 0 radical (unpaired) electrons. The summed E-state index contributed by atoms with van der Waals surface area (Å²) >= 11 is 1.81. The van der Waals surface area contributed by atoms with Gasteiger partial charge in [0.1, 0.15) is 16.8 Å². The van der Waals surface area contributed by atoms with Crippen LogP contribution in [0.5, 0.6) is 0 Å². The SMILES string of the molecule is c1ccc2c3c(ccc2c1)-c1cccc2cccc(c12)N3c1ccc(-c2nc(-c3ccc4c(c3)sc3ccccc34)c3oc4ccccc4c3n2)c2ccccc12. The van der Waals surface area contributed by atoms with Crippen molar-refractivity contribution in [2.24, 2.45) is 0 Å². The molecular weight excluding hydrogens is 715 g/mol. The third-order valence-corrected chi connectivity index (χ3v) is 12.9. The summed E-state index contributed by atoms with van der Waals surface area (Å²) in [5.41, 5.74) is 11.0. The van der Waals surface area contributed by atoms with Crippen molar-refractivity contribution in [3.8, 4) is 33.8 Å². The van der Waals surface area contributed by atoms with E-state index in [4.69, 9.17) is 14.4 Å². The van der Waals surface area contributed by atoms with Gasteiger partial charge in [0.05, 0.1) is 17.1 Å². The molecule has 13 rings (SSSR count). The van der Waals surface area contributed by atoms with E-state index in [1.807, 2.05) is 29.5 Å². The molecule has 264 valence electrons. The van der Waals surface area contributed by atoms with Crippen LogP contribution in [0.4, 0.5) is 17.1 Å². The number of anilines is 3. The van der Waals surface area contributed by atoms with Crippen molar-refractivity contribution in [1.82, 2.24) is 9.97 Å². The highest BCUT2D eigenvalue weighted by Gasteiger charge is 2.29. The van der Waals surface area contributed by atoms with Crippen molar-refractivity contribution in [2.75, 3.05) is 4.90 Å². The van der Waals surface area contributed by atoms with Crippen molar-refractivity contribution in [3.05, 3.63) is 176 Å². The van der Waals surface area contributed by atoms with E-state index in [0.717, 1.165) is 49.8 Å². The topological polar surface area (TPSA) is 42.2 Å². The maximum Gasteiger partial charge on any atom is 0.180 e. The normalized spacial score (nSPS) is 12.5. The number of thiophene rings is 1. The van der Waals surface area contributed by atoms with E-state index in [1.54, 1.807) is 0 Å². The molecule has 0 saturated heterocycles. The molecule has 0 aliphatic carbocycles. The summed E-state index contributed by atoms with van der Waals surface area (Å²) in [5.74, 6) is 0.667. The van der Waals surface area contributed by atoms with Gasteiger partial charge in [0.25, 0.3) is 0 Å². The molecule has 5 heteroatoms. The van der Waals surface area contributed by atoms with Crippen LogP contribution in [0.1, 0.15) is 0 Å². The highest BCUT2D eigenvalue weighted by atomic mass is 32.1. The average Bonchev–Trinajstić information content (AvgIpc) is 3.84. The Hall–Kier alpha value is -7.34. The molecule has 9 aromatic carbocycles. The molecule has 57 heavy (non-hydrogen) atoms. The fourth-order valence-corrected chi connectivity index (χ4v) is 10.4. The second kappa shape index (κ2) is 11.6. The van der Waals surface area contributed by atoms with Crippen LogP contribution >= 0.6 is 11.3 Å². The van der Waals surface area contributed by atoms with Crippen LogP contribution in [-0.4, -0.2) is 9.97 Å². The Bertz CT molecular complexity index is 3670. The van der Waals surface area contributed by atoms with Gasteiger partial charge >= 0.3 is 0 Å². The van der Waals surface area contributed by atoms with Crippen LogP contribution in [0.3, 0.4) is 0 Å². The molecule has 0 atom stereocenters. The molecule has 0 amide bonds. The number of benzene rings is 9. The molecule has 4 heterocycles. The minimum absolute atomic E-state index is 0.667. The lowest BCUT2D eigenvalue weighted by Crippen LogP contribution is -2.16. The third kappa shape index (κ3) is 4.37. The van der Waals surface area contributed by atoms with Gasteiger partial charge in [-0.25, -0.2) is 9.97 Å². The highest BCUT2D eigenvalue weighted by Crippen LogP contribution is 2.55. The average molecular weight is 744 g/mol. The van der Waals surface area contributed by atoms with E-state index in [1.165, 1.54) is 64.2 Å². The number of aromatic nitrogens is 2. The fraction of sp³-hybridized carbons (Fsp3) is 0. The van der Waals surface area contributed by atoms with Crippen molar-refractivity contribution in [3.63, 3.8) is 0 Å². The summed E-state index contributed by atoms with van der Waals surface area (Å²) < 4.78 is 9.08. The van der Waals surface area contributed by atoms with E-state index in [9.17, 15) is 0 Å². The molecule has 4 nitrogen and oxygen atoms in total. The summed E-state index contributed by atoms with van der Waals surface area (Å²) in [4.78, 5) is 13.2. The largest absolute Gasteiger partial charge is 0.452 e. The van der Waals surface area contributed by atoms with Crippen LogP contribution in [0.25, 0.3) is 108 Å². The molecule has 0 bridgehead atoms. The zero-order valence-corrected chi connectivity index (χ0v) is 31.2. The third-order valence-electron chi connectivity index (χ3n) is 11.8. The van der Waals surface area contributed by atoms with Crippen LogP contribution in [0.2, 0.25) is 0 Å². The Morgan fingerprint density at radius 2 is 1.18 bits per heavy atom. The minimum Gasteiger partial charge on any atom is -0.452 e. The summed E-state index contributed by atoms with van der Waals surface area (Å²) in [7, 11) is 0. The first kappa shape index (κ1) is 30.9. The molecule has 3 aromatic heterocycles. The molecule has 0 N–H and O–H groups in total. The number of para-hydroxylation sites is 1. The zero-order valence-electron chi connectivity index (χ0n) is 30.4. The summed E-state index contributed by atoms with van der Waals surface area (Å²) in [6, 6.07) is 63.2. The molecule has 0 fully saturated rings. The van der Waals surface area contributed by atoms with Gasteiger partial charge in [0.15, 0.2) is 11.4 Å². The number of furan rings is 1. The zero-order chi connectivity index (χ0) is 37.2. The van der Waals surface area contributed by atoms with Gasteiger partial charge in [-0.1, -0.05) is 133 Å². The Morgan fingerprint density at radius 3 is 2.09 bits per heavy atom. The van der Waals surface area contributed by atoms with Crippen molar-refractivity contribution in [2.45, 2.75) is 0 Å². The van der Waals surface area contributed by atoms with Crippen LogP contribution < -0.4 is 4.90 Å². The van der Waals surface area contributed by atoms with Crippen molar-refractivity contribution in [1.29, 1.82) is 0 Å². The fourth-order valence-electron chi connectivity index (χ4n) is 9.27. The van der Waals surface area contributed by atoms with Crippen LogP contribution in [0.15, 0.2) is 180 Å². The molecule has 12 aromatic rings. The Balaban J connectivity index is 1.07. The van der Waals surface area contributed by atoms with E-state index >= 15 is 0 Å². The lowest BCUT2D eigenvalue weighted by atomic mass is 9.88. The van der Waals surface area contributed by atoms with Gasteiger partial charge in [0, 0.05) is 58.4 Å². The highest BCUT2D eigenvalue weighted by molar-refractivity contribution is 7.25. The summed E-state index contributed by atoms with van der Waals surface area (Å²) in [5, 5.41) is 10.6. The first-order chi connectivity index (χ1) is 28.3. The molecule has 1 aliphatic heterocycles. The Morgan fingerprint density at radius 1 is 0.456 bits per heavy atom. The second-order valence-electron chi connectivity index (χ2n) is 14.9. The van der Waals surface area contributed by atoms with Crippen LogP contribution in [0, 0.1) is 0 Å². The van der Waals surface area contributed by atoms with Gasteiger partial charge in [-0.15, -0.1) is 11.3 Å². The second-order valence-corrected chi connectivity index (χ2v) is 15.9. The quantitative estimate of drug-likeness (QED) is 0.181. The van der Waals surface area contributed by atoms with E-state index < -0.39 is 0 Å². The van der Waals surface area contributed by atoms with Crippen molar-refractivity contribution >= 4 is 103 Å². The van der Waals surface area contributed by atoms with Gasteiger partial charge in [-0.3, -0.25) is 0 Å². The molecular formula is C52H29N3OS. The maximum absolute atomic E-state index is 6.58. The predicted octanol–water partition coefficient (Wildman–Crippen LogP) is 15.0. The molecule has 0 spiro atoms. The standard InChI is InChI=1S/C52H29N3OS/c1-2-14-33-30(11-1)23-26-39-38-19-9-12-31-13-10-20-43(47(31)38)55(50(33)39)42-28-27-40(34-15-3-4-16-35(34)42)52-53-48(51-49(54-52)41-18-5-7-21-44(41)56-51)32-24-25-37-36-17-6-8-22-45(36)57-46(37)29-32/h1-29H. The minimum atomic E-state index is 0.667. The Labute approximate surface area is 330 Å². The van der Waals surface area contributed by atoms with Gasteiger partial charge in [-0.2, -0.15) is 0 Å². The van der Waals surface area contributed by atoms with Crippen molar-refractivity contribution < 1.29 is 4.42 Å². The van der Waals surface area contributed by atoms with Gasteiger partial charge in [0.2, 0.25) is 0 Å². The van der Waals surface area contributed by atoms with E-state index in [2.05, 4.69) is 163 Å². The lowest BCUT2D eigenvalue weighted by molar-refractivity contribution is 0.667. The number of hydrogen-bond acceptors (Lipinski definition) is 5. The number of rotatable bonds is 3. The first-order valence-electron chi connectivity index (χ1n) is 19.2. The number of hydrogen-bond donors (Lipinski definition) is 0. The Kier molecular flexibility index (Phi) is 6.29. The van der Waals surface area contributed by atoms with E-state index in [-0.39, 0.29) is 0 Å². The monoisotopic (exact) mass is 743 g/mol. The van der Waals surface area contributed by atoms with Crippen LogP contribution in [-0.2, 0) is 0 Å². The molecule has 0 unspecified atom stereocenters. The van der Waals surface area contributed by atoms with Gasteiger partial charge in [-0.05, 0) is 64.2 Å².